The highest BCUT2D eigenvalue weighted by molar-refractivity contribution is 6.06. The van der Waals surface area contributed by atoms with Crippen molar-refractivity contribution in [1.82, 2.24) is 0 Å². The predicted molar refractivity (Wildman–Crippen MR) is 90.8 cm³/mol. The topological polar surface area (TPSA) is 62.1 Å². The minimum Gasteiger partial charge on any atom is -0.496 e. The molecule has 2 aromatic carbocycles. The van der Waals surface area contributed by atoms with Crippen molar-refractivity contribution < 1.29 is 9.53 Å². The Morgan fingerprint density at radius 2 is 1.83 bits per heavy atom. The van der Waals surface area contributed by atoms with Crippen LogP contribution in [0.3, 0.4) is 0 Å². The highest BCUT2D eigenvalue weighted by Gasteiger charge is 2.07. The van der Waals surface area contributed by atoms with E-state index in [4.69, 9.17) is 10.00 Å². The monoisotopic (exact) mass is 304 g/mol. The Balaban J connectivity index is 2.11. The number of carbonyl (C=O) groups is 1. The molecule has 114 valence electrons. The molecule has 4 nitrogen and oxygen atoms in total. The van der Waals surface area contributed by atoms with E-state index in [1.54, 1.807) is 31.4 Å². The maximum atomic E-state index is 12.0. The number of nitriles is 1. The molecule has 23 heavy (non-hydrogen) atoms. The van der Waals surface area contributed by atoms with Crippen LogP contribution in [0.1, 0.15) is 5.56 Å². The summed E-state index contributed by atoms with van der Waals surface area (Å²) < 4.78 is 5.24. The number of nitrogens with zero attached hydrogens (tertiary/aromatic N) is 1. The van der Waals surface area contributed by atoms with Crippen LogP contribution in [-0.4, -0.2) is 13.0 Å². The van der Waals surface area contributed by atoms with Gasteiger partial charge in [-0.3, -0.25) is 4.79 Å². The van der Waals surface area contributed by atoms with Crippen LogP contribution in [0.4, 0.5) is 5.69 Å². The van der Waals surface area contributed by atoms with Crippen molar-refractivity contribution in [2.75, 3.05) is 12.4 Å². The fourth-order valence-corrected chi connectivity index (χ4v) is 1.94. The Kier molecular flexibility index (Phi) is 5.73. The first-order valence-corrected chi connectivity index (χ1v) is 7.02. The van der Waals surface area contributed by atoms with E-state index in [0.29, 0.717) is 5.69 Å². The summed E-state index contributed by atoms with van der Waals surface area (Å²) in [6.45, 7) is 0. The molecule has 0 aliphatic carbocycles. The zero-order valence-electron chi connectivity index (χ0n) is 12.7. The van der Waals surface area contributed by atoms with Crippen LogP contribution in [0.2, 0.25) is 0 Å². The van der Waals surface area contributed by atoms with Gasteiger partial charge in [0.15, 0.2) is 0 Å². The van der Waals surface area contributed by atoms with Gasteiger partial charge in [0.05, 0.1) is 7.11 Å². The number of amides is 1. The Labute approximate surface area is 135 Å². The Hall–Kier alpha value is -3.32. The largest absolute Gasteiger partial charge is 0.496 e. The molecule has 1 amide bonds. The number of methoxy groups -OCH3 is 1. The molecule has 0 aliphatic heterocycles. The van der Waals surface area contributed by atoms with E-state index in [9.17, 15) is 4.79 Å². The number of nitrogens with one attached hydrogen (secondary N) is 1. The zero-order chi connectivity index (χ0) is 16.5. The smallest absolute Gasteiger partial charge is 0.266 e. The second-order valence-electron chi connectivity index (χ2n) is 4.61. The lowest BCUT2D eigenvalue weighted by molar-refractivity contribution is -0.112. The normalized spacial score (nSPS) is 11.0. The number of allylic oxidation sites excluding steroid dienone is 2. The summed E-state index contributed by atoms with van der Waals surface area (Å²) in [5.41, 5.74) is 1.54. The molecule has 0 aliphatic rings. The molecule has 0 spiro atoms. The zero-order valence-corrected chi connectivity index (χ0v) is 12.7. The second-order valence-corrected chi connectivity index (χ2v) is 4.61. The van der Waals surface area contributed by atoms with E-state index < -0.39 is 5.91 Å². The Bertz CT molecular complexity index is 771. The predicted octanol–water partition coefficient (Wildman–Crippen LogP) is 3.80. The van der Waals surface area contributed by atoms with Gasteiger partial charge >= 0.3 is 0 Å². The summed E-state index contributed by atoms with van der Waals surface area (Å²) in [5, 5.41) is 11.8. The minimum atomic E-state index is -0.441. The van der Waals surface area contributed by atoms with E-state index in [2.05, 4.69) is 5.32 Å². The highest BCUT2D eigenvalue weighted by Crippen LogP contribution is 2.18. The highest BCUT2D eigenvalue weighted by atomic mass is 16.5. The van der Waals surface area contributed by atoms with Crippen molar-refractivity contribution in [3.8, 4) is 11.8 Å². The summed E-state index contributed by atoms with van der Waals surface area (Å²) in [5.74, 6) is 0.285. The fourth-order valence-electron chi connectivity index (χ4n) is 1.94. The number of ether oxygens (including phenoxy) is 1. The number of hydrogen-bond donors (Lipinski definition) is 1. The average Bonchev–Trinajstić information content (AvgIpc) is 2.60. The Morgan fingerprint density at radius 3 is 2.52 bits per heavy atom. The molecule has 0 aromatic heterocycles. The number of rotatable bonds is 5. The Morgan fingerprint density at radius 1 is 1.13 bits per heavy atom. The number of para-hydroxylation sites is 2. The number of hydrogen-bond acceptors (Lipinski definition) is 3. The third-order valence-electron chi connectivity index (χ3n) is 3.07. The van der Waals surface area contributed by atoms with Gasteiger partial charge in [0.1, 0.15) is 17.4 Å². The van der Waals surface area contributed by atoms with Gasteiger partial charge in [0, 0.05) is 11.3 Å². The van der Waals surface area contributed by atoms with Crippen molar-refractivity contribution in [1.29, 1.82) is 5.26 Å². The maximum absolute atomic E-state index is 12.0. The molecule has 0 unspecified atom stereocenters. The standard InChI is InChI=1S/C19H16N2O2/c1-23-18-13-6-5-8-15(18)9-7-10-16(14-20)19(22)21-17-11-3-2-4-12-17/h2-13H,1H3,(H,21,22)/b9-7+,16-10+. The van der Waals surface area contributed by atoms with Crippen LogP contribution < -0.4 is 10.1 Å². The lowest BCUT2D eigenvalue weighted by atomic mass is 10.1. The molecule has 0 atom stereocenters. The molecule has 0 fully saturated rings. The number of benzene rings is 2. The van der Waals surface area contributed by atoms with Crippen LogP contribution >= 0.6 is 0 Å². The van der Waals surface area contributed by atoms with Gasteiger partial charge < -0.3 is 10.1 Å². The molecular formula is C19H16N2O2. The van der Waals surface area contributed by atoms with E-state index in [1.165, 1.54) is 6.08 Å². The summed E-state index contributed by atoms with van der Waals surface area (Å²) >= 11 is 0. The van der Waals surface area contributed by atoms with Crippen molar-refractivity contribution in [3.05, 3.63) is 77.9 Å². The maximum Gasteiger partial charge on any atom is 0.266 e. The fraction of sp³-hybridized carbons (Fsp3) is 0.0526. The van der Waals surface area contributed by atoms with Crippen LogP contribution in [-0.2, 0) is 4.79 Å². The minimum absolute atomic E-state index is 0.0278. The lowest BCUT2D eigenvalue weighted by Gasteiger charge is -2.03. The molecule has 0 saturated carbocycles. The third-order valence-corrected chi connectivity index (χ3v) is 3.07. The SMILES string of the molecule is COc1ccccc1/C=C/C=C(\C#N)C(=O)Nc1ccccc1. The number of carbonyl (C=O) groups excluding carboxylic acids is 1. The summed E-state index contributed by atoms with van der Waals surface area (Å²) in [4.78, 5) is 12.0. The first kappa shape index (κ1) is 16.1. The molecule has 0 heterocycles. The van der Waals surface area contributed by atoms with Crippen LogP contribution in [0.5, 0.6) is 5.75 Å². The van der Waals surface area contributed by atoms with Crippen molar-refractivity contribution in [3.63, 3.8) is 0 Å². The van der Waals surface area contributed by atoms with E-state index in [0.717, 1.165) is 11.3 Å². The lowest BCUT2D eigenvalue weighted by Crippen LogP contribution is -2.13. The summed E-state index contributed by atoms with van der Waals surface area (Å²) in [7, 11) is 1.59. The summed E-state index contributed by atoms with van der Waals surface area (Å²) in [6, 6.07) is 18.4. The molecule has 4 heteroatoms. The van der Waals surface area contributed by atoms with Crippen molar-refractivity contribution in [2.45, 2.75) is 0 Å². The van der Waals surface area contributed by atoms with Gasteiger partial charge in [-0.2, -0.15) is 5.26 Å². The molecule has 0 bridgehead atoms. The second kappa shape index (κ2) is 8.20. The first-order chi connectivity index (χ1) is 11.2. The third kappa shape index (κ3) is 4.58. The average molecular weight is 304 g/mol. The summed E-state index contributed by atoms with van der Waals surface area (Å²) in [6.07, 6.45) is 4.91. The molecular weight excluding hydrogens is 288 g/mol. The van der Waals surface area contributed by atoms with E-state index in [-0.39, 0.29) is 5.57 Å². The van der Waals surface area contributed by atoms with E-state index >= 15 is 0 Å². The van der Waals surface area contributed by atoms with Crippen LogP contribution in [0.25, 0.3) is 6.08 Å². The molecule has 1 N–H and O–H groups in total. The van der Waals surface area contributed by atoms with Crippen molar-refractivity contribution in [2.24, 2.45) is 0 Å². The van der Waals surface area contributed by atoms with Gasteiger partial charge in [-0.1, -0.05) is 48.6 Å². The van der Waals surface area contributed by atoms with Gasteiger partial charge in [0.2, 0.25) is 0 Å². The van der Waals surface area contributed by atoms with Gasteiger partial charge in [0.25, 0.3) is 5.91 Å². The van der Waals surface area contributed by atoms with E-state index in [1.807, 2.05) is 48.5 Å². The van der Waals surface area contributed by atoms with Crippen LogP contribution in [0.15, 0.2) is 72.3 Å². The molecule has 0 radical (unpaired) electrons. The molecule has 2 rings (SSSR count). The first-order valence-electron chi connectivity index (χ1n) is 7.02. The van der Waals surface area contributed by atoms with Gasteiger partial charge in [-0.15, -0.1) is 0 Å². The number of anilines is 1. The van der Waals surface area contributed by atoms with Crippen LogP contribution in [0, 0.1) is 11.3 Å². The molecule has 0 saturated heterocycles. The molecule has 2 aromatic rings. The van der Waals surface area contributed by atoms with Crippen molar-refractivity contribution >= 4 is 17.7 Å². The van der Waals surface area contributed by atoms with Gasteiger partial charge in [-0.05, 0) is 24.3 Å². The quantitative estimate of drug-likeness (QED) is 0.519. The van der Waals surface area contributed by atoms with Gasteiger partial charge in [-0.25, -0.2) is 0 Å².